The maximum absolute atomic E-state index is 12.7. The van der Waals surface area contributed by atoms with Gasteiger partial charge in [-0.15, -0.1) is 0 Å². The van der Waals surface area contributed by atoms with Gasteiger partial charge in [0.15, 0.2) is 6.10 Å². The number of ether oxygens (including phenoxy) is 3. The summed E-state index contributed by atoms with van der Waals surface area (Å²) in [5, 5.41) is 0. The molecule has 0 radical (unpaired) electrons. The number of allylic oxidation sites excluding steroid dienone is 6. The second kappa shape index (κ2) is 51.3. The largest absolute Gasteiger partial charge is 0.462 e. The summed E-state index contributed by atoms with van der Waals surface area (Å²) in [5.74, 6) is -0.868. The molecule has 362 valence electrons. The van der Waals surface area contributed by atoms with Crippen LogP contribution in [0.1, 0.15) is 284 Å². The van der Waals surface area contributed by atoms with Crippen molar-refractivity contribution >= 4 is 17.9 Å². The second-order valence-corrected chi connectivity index (χ2v) is 18.2. The fourth-order valence-corrected chi connectivity index (χ4v) is 7.80. The SMILES string of the molecule is CCCCCCC/C=C\C/C=C\C/C=C\CCCCCCCCCCCCC(=O)OCC(COC(=O)CCCCCCCCCC)OC(=O)CCCCCCCCCCCCC. The number of esters is 3. The third-order valence-corrected chi connectivity index (χ3v) is 11.9. The number of hydrogen-bond acceptors (Lipinski definition) is 6. The maximum atomic E-state index is 12.7. The Bertz CT molecular complexity index is 1050. The van der Waals surface area contributed by atoms with Gasteiger partial charge in [-0.3, -0.25) is 14.4 Å². The zero-order chi connectivity index (χ0) is 45.1. The summed E-state index contributed by atoms with van der Waals surface area (Å²) in [6.45, 7) is 6.61. The Hall–Kier alpha value is -2.37. The Balaban J connectivity index is 4.13. The predicted molar refractivity (Wildman–Crippen MR) is 266 cm³/mol. The lowest BCUT2D eigenvalue weighted by molar-refractivity contribution is -0.167. The first kappa shape index (κ1) is 59.6. The first-order chi connectivity index (χ1) is 30.5. The van der Waals surface area contributed by atoms with Crippen LogP contribution < -0.4 is 0 Å². The number of hydrogen-bond donors (Lipinski definition) is 0. The van der Waals surface area contributed by atoms with E-state index in [0.29, 0.717) is 19.3 Å². The molecule has 62 heavy (non-hydrogen) atoms. The average molecular weight is 871 g/mol. The minimum atomic E-state index is -0.766. The summed E-state index contributed by atoms with van der Waals surface area (Å²) in [6.07, 6.45) is 60.0. The molecule has 0 rings (SSSR count). The van der Waals surface area contributed by atoms with Crippen molar-refractivity contribution in [3.05, 3.63) is 36.5 Å². The van der Waals surface area contributed by atoms with Gasteiger partial charge in [0.25, 0.3) is 0 Å². The fourth-order valence-electron chi connectivity index (χ4n) is 7.80. The smallest absolute Gasteiger partial charge is 0.306 e. The molecular weight excluding hydrogens is 769 g/mol. The molecule has 6 heteroatoms. The number of rotatable bonds is 49. The van der Waals surface area contributed by atoms with E-state index in [0.717, 1.165) is 70.6 Å². The summed E-state index contributed by atoms with van der Waals surface area (Å²) in [6, 6.07) is 0. The van der Waals surface area contributed by atoms with Crippen molar-refractivity contribution in [1.29, 1.82) is 0 Å². The van der Waals surface area contributed by atoms with Crippen molar-refractivity contribution in [2.45, 2.75) is 290 Å². The molecule has 0 aromatic heterocycles. The van der Waals surface area contributed by atoms with Crippen molar-refractivity contribution in [1.82, 2.24) is 0 Å². The third-order valence-electron chi connectivity index (χ3n) is 11.9. The molecule has 0 aromatic carbocycles. The second-order valence-electron chi connectivity index (χ2n) is 18.2. The third kappa shape index (κ3) is 48.7. The number of unbranched alkanes of at least 4 members (excludes halogenated alkanes) is 32. The van der Waals surface area contributed by atoms with Gasteiger partial charge in [0.1, 0.15) is 13.2 Å². The van der Waals surface area contributed by atoms with E-state index < -0.39 is 6.10 Å². The molecule has 0 aliphatic rings. The van der Waals surface area contributed by atoms with Gasteiger partial charge in [0, 0.05) is 19.3 Å². The molecule has 0 aliphatic carbocycles. The molecule has 0 heterocycles. The minimum Gasteiger partial charge on any atom is -0.462 e. The number of carbonyl (C=O) groups is 3. The highest BCUT2D eigenvalue weighted by Crippen LogP contribution is 2.16. The molecule has 0 aromatic rings. The first-order valence-corrected chi connectivity index (χ1v) is 27.0. The molecule has 0 spiro atoms. The fraction of sp³-hybridized carbons (Fsp3) is 0.839. The van der Waals surface area contributed by atoms with Crippen LogP contribution in [0.4, 0.5) is 0 Å². The summed E-state index contributed by atoms with van der Waals surface area (Å²) in [7, 11) is 0. The average Bonchev–Trinajstić information content (AvgIpc) is 3.27. The Morgan fingerprint density at radius 3 is 0.903 bits per heavy atom. The standard InChI is InChI=1S/C56H102O6/c1-4-7-10-13-16-19-21-22-23-24-25-26-27-28-29-30-31-32-33-34-36-37-40-43-46-49-55(58)61-52-53(51-60-54(57)48-45-42-39-18-15-12-9-6-3)62-56(59)50-47-44-41-38-35-20-17-14-11-8-5-2/h21-22,24-25,27-28,53H,4-20,23,26,29-52H2,1-3H3/b22-21-,25-24-,28-27-. The van der Waals surface area contributed by atoms with Crippen molar-refractivity contribution in [2.75, 3.05) is 13.2 Å². The Morgan fingerprint density at radius 1 is 0.323 bits per heavy atom. The lowest BCUT2D eigenvalue weighted by Gasteiger charge is -2.18. The van der Waals surface area contributed by atoms with Gasteiger partial charge in [-0.25, -0.2) is 0 Å². The zero-order valence-corrected chi connectivity index (χ0v) is 41.4. The topological polar surface area (TPSA) is 78.9 Å². The normalized spacial score (nSPS) is 12.2. The van der Waals surface area contributed by atoms with Crippen LogP contribution in [-0.2, 0) is 28.6 Å². The van der Waals surface area contributed by atoms with Gasteiger partial charge >= 0.3 is 17.9 Å². The lowest BCUT2D eigenvalue weighted by atomic mass is 10.0. The van der Waals surface area contributed by atoms with Gasteiger partial charge in [-0.05, 0) is 57.8 Å². The van der Waals surface area contributed by atoms with Gasteiger partial charge in [0.2, 0.25) is 0 Å². The highest BCUT2D eigenvalue weighted by Gasteiger charge is 2.19. The lowest BCUT2D eigenvalue weighted by Crippen LogP contribution is -2.30. The van der Waals surface area contributed by atoms with Crippen LogP contribution in [0.25, 0.3) is 0 Å². The highest BCUT2D eigenvalue weighted by molar-refractivity contribution is 5.71. The summed E-state index contributed by atoms with van der Waals surface area (Å²) >= 11 is 0. The Kier molecular flexibility index (Phi) is 49.3. The van der Waals surface area contributed by atoms with Crippen LogP contribution >= 0.6 is 0 Å². The molecule has 0 N–H and O–H groups in total. The van der Waals surface area contributed by atoms with Gasteiger partial charge < -0.3 is 14.2 Å². The molecule has 0 aliphatic heterocycles. The summed E-state index contributed by atoms with van der Waals surface area (Å²) in [5.41, 5.74) is 0. The molecule has 0 saturated carbocycles. The van der Waals surface area contributed by atoms with E-state index in [-0.39, 0.29) is 31.1 Å². The highest BCUT2D eigenvalue weighted by atomic mass is 16.6. The summed E-state index contributed by atoms with van der Waals surface area (Å²) in [4.78, 5) is 37.8. The van der Waals surface area contributed by atoms with Crippen LogP contribution in [0.5, 0.6) is 0 Å². The maximum Gasteiger partial charge on any atom is 0.306 e. The van der Waals surface area contributed by atoms with E-state index in [2.05, 4.69) is 57.2 Å². The Morgan fingerprint density at radius 2 is 0.581 bits per heavy atom. The van der Waals surface area contributed by atoms with E-state index in [4.69, 9.17) is 14.2 Å². The Labute approximate surface area is 385 Å². The van der Waals surface area contributed by atoms with E-state index >= 15 is 0 Å². The predicted octanol–water partition coefficient (Wildman–Crippen LogP) is 17.7. The van der Waals surface area contributed by atoms with Crippen LogP contribution in [-0.4, -0.2) is 37.2 Å². The first-order valence-electron chi connectivity index (χ1n) is 27.0. The molecule has 0 amide bonds. The van der Waals surface area contributed by atoms with Gasteiger partial charge in [-0.2, -0.15) is 0 Å². The molecule has 1 unspecified atom stereocenters. The monoisotopic (exact) mass is 871 g/mol. The van der Waals surface area contributed by atoms with Crippen molar-refractivity contribution in [3.8, 4) is 0 Å². The van der Waals surface area contributed by atoms with E-state index in [1.165, 1.54) is 173 Å². The number of carbonyl (C=O) groups excluding carboxylic acids is 3. The van der Waals surface area contributed by atoms with Crippen molar-refractivity contribution in [3.63, 3.8) is 0 Å². The molecule has 0 fully saturated rings. The van der Waals surface area contributed by atoms with Crippen LogP contribution in [0, 0.1) is 0 Å². The molecular formula is C56H102O6. The van der Waals surface area contributed by atoms with Crippen LogP contribution in [0.3, 0.4) is 0 Å². The summed E-state index contributed by atoms with van der Waals surface area (Å²) < 4.78 is 16.7. The van der Waals surface area contributed by atoms with Gasteiger partial charge in [-0.1, -0.05) is 243 Å². The van der Waals surface area contributed by atoms with E-state index in [9.17, 15) is 14.4 Å². The van der Waals surface area contributed by atoms with Crippen LogP contribution in [0.2, 0.25) is 0 Å². The van der Waals surface area contributed by atoms with E-state index in [1.807, 2.05) is 0 Å². The molecule has 0 bridgehead atoms. The molecule has 0 saturated heterocycles. The van der Waals surface area contributed by atoms with Crippen LogP contribution in [0.15, 0.2) is 36.5 Å². The van der Waals surface area contributed by atoms with Crippen molar-refractivity contribution < 1.29 is 28.6 Å². The van der Waals surface area contributed by atoms with E-state index in [1.54, 1.807) is 0 Å². The van der Waals surface area contributed by atoms with Gasteiger partial charge in [0.05, 0.1) is 0 Å². The minimum absolute atomic E-state index is 0.0696. The molecule has 6 nitrogen and oxygen atoms in total. The van der Waals surface area contributed by atoms with Crippen molar-refractivity contribution in [2.24, 2.45) is 0 Å². The zero-order valence-electron chi connectivity index (χ0n) is 41.4. The quantitative estimate of drug-likeness (QED) is 0.0262. The molecule has 1 atom stereocenters.